The molecule has 1 rings (SSSR count). The smallest absolute Gasteiger partial charge is 0.255 e. The molecule has 4 N–H and O–H groups in total. The molecular weight excluding hydrogens is 248 g/mol. The summed E-state index contributed by atoms with van der Waals surface area (Å²) in [5.74, 6) is 5.71. The van der Waals surface area contributed by atoms with Crippen molar-refractivity contribution in [2.24, 2.45) is 5.84 Å². The maximum absolute atomic E-state index is 12.5. The lowest BCUT2D eigenvalue weighted by atomic mass is 10.4. The molecule has 18 heavy (non-hydrogen) atoms. The summed E-state index contributed by atoms with van der Waals surface area (Å²) in [6.07, 6.45) is -1.39. The van der Waals surface area contributed by atoms with Gasteiger partial charge < -0.3 is 20.2 Å². The molecule has 7 nitrogen and oxygen atoms in total. The molecule has 0 aromatic carbocycles. The van der Waals surface area contributed by atoms with Crippen LogP contribution in [0.2, 0.25) is 0 Å². The molecule has 1 aromatic rings. The van der Waals surface area contributed by atoms with Crippen LogP contribution in [-0.4, -0.2) is 48.3 Å². The summed E-state index contributed by atoms with van der Waals surface area (Å²) >= 11 is 0. The van der Waals surface area contributed by atoms with Gasteiger partial charge in [0.05, 0.1) is 20.3 Å². The molecule has 1 aromatic heterocycles. The van der Waals surface area contributed by atoms with E-state index < -0.39 is 13.0 Å². The number of rotatable bonds is 7. The van der Waals surface area contributed by atoms with Crippen molar-refractivity contribution < 1.29 is 18.6 Å². The topological polar surface area (TPSA) is 96.5 Å². The lowest BCUT2D eigenvalue weighted by Gasteiger charge is -2.24. The number of methoxy groups -OCH3 is 1. The first-order valence-electron chi connectivity index (χ1n) is 5.13. The molecule has 0 radical (unpaired) electrons. The predicted molar refractivity (Wildman–Crippen MR) is 61.7 cm³/mol. The number of halogens is 2. The van der Waals surface area contributed by atoms with Crippen molar-refractivity contribution in [3.8, 4) is 5.75 Å². The Morgan fingerprint density at radius 2 is 2.28 bits per heavy atom. The molecule has 0 unspecified atom stereocenters. The van der Waals surface area contributed by atoms with Crippen LogP contribution < -0.4 is 20.9 Å². The highest BCUT2D eigenvalue weighted by Crippen LogP contribution is 2.31. The molecule has 0 aliphatic heterocycles. The SMILES string of the molecule is COc1c(NN)ncnc1N(CCO)CC(F)F. The van der Waals surface area contributed by atoms with E-state index in [2.05, 4.69) is 15.4 Å². The van der Waals surface area contributed by atoms with E-state index in [-0.39, 0.29) is 30.5 Å². The number of anilines is 2. The van der Waals surface area contributed by atoms with Crippen LogP contribution in [0, 0.1) is 0 Å². The Morgan fingerprint density at radius 1 is 1.56 bits per heavy atom. The molecule has 9 heteroatoms. The van der Waals surface area contributed by atoms with Crippen LogP contribution in [0.5, 0.6) is 5.75 Å². The molecule has 0 amide bonds. The average molecular weight is 263 g/mol. The van der Waals surface area contributed by atoms with Crippen LogP contribution in [0.4, 0.5) is 20.4 Å². The van der Waals surface area contributed by atoms with Crippen molar-refractivity contribution in [3.63, 3.8) is 0 Å². The molecule has 0 spiro atoms. The first-order valence-corrected chi connectivity index (χ1v) is 5.13. The third kappa shape index (κ3) is 3.37. The molecule has 0 fully saturated rings. The van der Waals surface area contributed by atoms with Gasteiger partial charge in [0, 0.05) is 6.54 Å². The summed E-state index contributed by atoms with van der Waals surface area (Å²) in [5, 5.41) is 8.89. The highest BCUT2D eigenvalue weighted by Gasteiger charge is 2.20. The Hall–Kier alpha value is -1.74. The van der Waals surface area contributed by atoms with Gasteiger partial charge in [-0.05, 0) is 0 Å². The number of nitrogens with two attached hydrogens (primary N) is 1. The van der Waals surface area contributed by atoms with Crippen LogP contribution in [0.15, 0.2) is 6.33 Å². The van der Waals surface area contributed by atoms with Gasteiger partial charge in [-0.25, -0.2) is 24.6 Å². The van der Waals surface area contributed by atoms with Crippen LogP contribution in [-0.2, 0) is 0 Å². The van der Waals surface area contributed by atoms with E-state index in [1.807, 2.05) is 0 Å². The Bertz CT molecular complexity index is 380. The molecule has 1 heterocycles. The van der Waals surface area contributed by atoms with Crippen LogP contribution in [0.3, 0.4) is 0 Å². The normalized spacial score (nSPS) is 10.6. The van der Waals surface area contributed by atoms with E-state index in [0.29, 0.717) is 0 Å². The number of aliphatic hydroxyl groups excluding tert-OH is 1. The van der Waals surface area contributed by atoms with Crippen LogP contribution >= 0.6 is 0 Å². The minimum Gasteiger partial charge on any atom is -0.490 e. The van der Waals surface area contributed by atoms with Gasteiger partial charge in [-0.15, -0.1) is 0 Å². The number of hydrogen-bond donors (Lipinski definition) is 3. The number of alkyl halides is 2. The van der Waals surface area contributed by atoms with Gasteiger partial charge in [-0.3, -0.25) is 0 Å². The maximum Gasteiger partial charge on any atom is 0.255 e. The number of ether oxygens (including phenoxy) is 1. The van der Waals surface area contributed by atoms with Gasteiger partial charge >= 0.3 is 0 Å². The van der Waals surface area contributed by atoms with Crippen molar-refractivity contribution in [2.75, 3.05) is 37.1 Å². The predicted octanol–water partition coefficient (Wildman–Crippen LogP) is -0.165. The fraction of sp³-hybridized carbons (Fsp3) is 0.556. The zero-order valence-electron chi connectivity index (χ0n) is 9.81. The maximum atomic E-state index is 12.5. The number of nitrogens with zero attached hydrogens (tertiary/aromatic N) is 3. The molecular formula is C9H15F2N5O2. The standard InChI is InChI=1S/C9H15F2N5O2/c1-18-7-8(15-12)13-5-14-9(7)16(2-3-17)4-6(10)11/h5-6,17H,2-4,12H2,1H3,(H,13,14,15). The first kappa shape index (κ1) is 14.3. The van der Waals surface area contributed by atoms with E-state index >= 15 is 0 Å². The van der Waals surface area contributed by atoms with E-state index in [9.17, 15) is 8.78 Å². The number of nitrogens with one attached hydrogen (secondary N) is 1. The fourth-order valence-electron chi connectivity index (χ4n) is 1.45. The summed E-state index contributed by atoms with van der Waals surface area (Å²) in [5.41, 5.74) is 2.28. The zero-order valence-corrected chi connectivity index (χ0v) is 9.81. The molecule has 0 aliphatic carbocycles. The molecule has 0 saturated heterocycles. The van der Waals surface area contributed by atoms with Crippen molar-refractivity contribution in [1.82, 2.24) is 9.97 Å². The Labute approximate surface area is 103 Å². The molecule has 102 valence electrons. The minimum atomic E-state index is -2.56. The number of hydrogen-bond acceptors (Lipinski definition) is 7. The Balaban J connectivity index is 3.09. The quantitative estimate of drug-likeness (QED) is 0.464. The zero-order chi connectivity index (χ0) is 13.5. The summed E-state index contributed by atoms with van der Waals surface area (Å²) in [4.78, 5) is 8.88. The van der Waals surface area contributed by atoms with Gasteiger partial charge in [0.25, 0.3) is 6.43 Å². The van der Waals surface area contributed by atoms with Crippen molar-refractivity contribution in [3.05, 3.63) is 6.33 Å². The van der Waals surface area contributed by atoms with Crippen molar-refractivity contribution in [1.29, 1.82) is 0 Å². The van der Waals surface area contributed by atoms with Crippen molar-refractivity contribution in [2.45, 2.75) is 6.43 Å². The van der Waals surface area contributed by atoms with Gasteiger partial charge in [0.15, 0.2) is 11.6 Å². The minimum absolute atomic E-state index is 0.00171. The van der Waals surface area contributed by atoms with E-state index in [1.165, 1.54) is 18.3 Å². The molecule has 0 bridgehead atoms. The van der Waals surface area contributed by atoms with E-state index in [0.717, 1.165) is 0 Å². The Kier molecular flexibility index (Phi) is 5.46. The van der Waals surface area contributed by atoms with Gasteiger partial charge in [0.1, 0.15) is 6.33 Å². The largest absolute Gasteiger partial charge is 0.490 e. The second-order valence-corrected chi connectivity index (χ2v) is 3.28. The first-order chi connectivity index (χ1) is 8.63. The second kappa shape index (κ2) is 6.87. The fourth-order valence-corrected chi connectivity index (χ4v) is 1.45. The monoisotopic (exact) mass is 263 g/mol. The van der Waals surface area contributed by atoms with Gasteiger partial charge in [-0.2, -0.15) is 0 Å². The molecule has 0 aliphatic rings. The number of hydrazine groups is 1. The number of aliphatic hydroxyl groups is 1. The summed E-state index contributed by atoms with van der Waals surface area (Å²) in [6, 6.07) is 0. The average Bonchev–Trinajstić information content (AvgIpc) is 2.36. The lowest BCUT2D eigenvalue weighted by molar-refractivity contribution is 0.152. The highest BCUT2D eigenvalue weighted by molar-refractivity contribution is 5.64. The van der Waals surface area contributed by atoms with Gasteiger partial charge in [0.2, 0.25) is 5.75 Å². The van der Waals surface area contributed by atoms with Crippen LogP contribution in [0.1, 0.15) is 0 Å². The van der Waals surface area contributed by atoms with E-state index in [4.69, 9.17) is 15.7 Å². The van der Waals surface area contributed by atoms with Crippen LogP contribution in [0.25, 0.3) is 0 Å². The summed E-state index contributed by atoms with van der Waals surface area (Å²) in [6.45, 7) is -0.856. The molecule has 0 saturated carbocycles. The third-order valence-corrected chi connectivity index (χ3v) is 2.15. The lowest BCUT2D eigenvalue weighted by Crippen LogP contribution is -2.33. The van der Waals surface area contributed by atoms with E-state index in [1.54, 1.807) is 0 Å². The second-order valence-electron chi connectivity index (χ2n) is 3.28. The highest BCUT2D eigenvalue weighted by atomic mass is 19.3. The number of nitrogen functional groups attached to an aromatic ring is 1. The summed E-state index contributed by atoms with van der Waals surface area (Å²) in [7, 11) is 1.35. The molecule has 0 atom stereocenters. The third-order valence-electron chi connectivity index (χ3n) is 2.15. The van der Waals surface area contributed by atoms with Gasteiger partial charge in [-0.1, -0.05) is 0 Å². The van der Waals surface area contributed by atoms with Crippen molar-refractivity contribution >= 4 is 11.6 Å². The Morgan fingerprint density at radius 3 is 2.78 bits per heavy atom. The summed E-state index contributed by atoms with van der Waals surface area (Å²) < 4.78 is 30.0. The number of aromatic nitrogens is 2.